The molecule has 22 heavy (non-hydrogen) atoms. The van der Waals surface area contributed by atoms with Crippen LogP contribution in [0.4, 0.5) is 0 Å². The zero-order valence-electron chi connectivity index (χ0n) is 14.0. The van der Waals surface area contributed by atoms with Crippen molar-refractivity contribution >= 4 is 0 Å². The summed E-state index contributed by atoms with van der Waals surface area (Å²) in [5.74, 6) is 0.988. The van der Waals surface area contributed by atoms with Crippen LogP contribution in [0.2, 0.25) is 0 Å². The molecule has 122 valence electrons. The quantitative estimate of drug-likeness (QED) is 0.856. The third kappa shape index (κ3) is 3.29. The van der Waals surface area contributed by atoms with E-state index in [1.165, 1.54) is 5.56 Å². The first-order valence-electron chi connectivity index (χ1n) is 8.35. The van der Waals surface area contributed by atoms with Crippen LogP contribution in [0.25, 0.3) is 0 Å². The van der Waals surface area contributed by atoms with Gasteiger partial charge in [-0.1, -0.05) is 18.2 Å². The molecule has 4 heteroatoms. The van der Waals surface area contributed by atoms with E-state index in [4.69, 9.17) is 9.47 Å². The Hall–Kier alpha value is -1.10. The van der Waals surface area contributed by atoms with Crippen LogP contribution in [-0.2, 0) is 11.3 Å². The second-order valence-electron chi connectivity index (χ2n) is 6.87. The topological polar surface area (TPSA) is 24.9 Å². The van der Waals surface area contributed by atoms with Gasteiger partial charge in [-0.25, -0.2) is 0 Å². The number of para-hydroxylation sites is 1. The lowest BCUT2D eigenvalue weighted by atomic mass is 9.86. The van der Waals surface area contributed by atoms with Crippen molar-refractivity contribution in [3.05, 3.63) is 29.8 Å². The maximum atomic E-state index is 6.38. The predicted molar refractivity (Wildman–Crippen MR) is 88.3 cm³/mol. The molecule has 3 rings (SSSR count). The van der Waals surface area contributed by atoms with Gasteiger partial charge in [-0.15, -0.1) is 0 Å². The summed E-state index contributed by atoms with van der Waals surface area (Å²) in [5, 5.41) is 0. The first-order chi connectivity index (χ1) is 10.6. The van der Waals surface area contributed by atoms with Gasteiger partial charge in [-0.2, -0.15) is 0 Å². The number of hydrogen-bond acceptors (Lipinski definition) is 4. The Balaban J connectivity index is 1.63. The fourth-order valence-corrected chi connectivity index (χ4v) is 3.42. The number of likely N-dealkylation sites (N-methyl/N-ethyl adjacent to an activating group) is 1. The van der Waals surface area contributed by atoms with Crippen molar-refractivity contribution in [2.75, 3.05) is 40.3 Å². The van der Waals surface area contributed by atoms with E-state index in [9.17, 15) is 0 Å². The maximum absolute atomic E-state index is 6.38. The average Bonchev–Trinajstić information content (AvgIpc) is 2.65. The van der Waals surface area contributed by atoms with E-state index in [1.807, 2.05) is 6.07 Å². The fourth-order valence-electron chi connectivity index (χ4n) is 3.42. The van der Waals surface area contributed by atoms with Crippen molar-refractivity contribution in [2.45, 2.75) is 38.1 Å². The molecule has 1 atom stereocenters. The molecular formula is C18H28N2O2. The summed E-state index contributed by atoms with van der Waals surface area (Å²) in [6.07, 6.45) is 2.21. The number of piperidine rings is 1. The smallest absolute Gasteiger partial charge is 0.125 e. The summed E-state index contributed by atoms with van der Waals surface area (Å²) in [6.45, 7) is 7.27. The van der Waals surface area contributed by atoms with E-state index >= 15 is 0 Å². The number of ether oxygens (including phenoxy) is 2. The Morgan fingerprint density at radius 1 is 1.23 bits per heavy atom. The molecule has 1 fully saturated rings. The average molecular weight is 304 g/mol. The van der Waals surface area contributed by atoms with Crippen LogP contribution in [0.3, 0.4) is 0 Å². The van der Waals surface area contributed by atoms with Crippen molar-refractivity contribution in [1.82, 2.24) is 9.80 Å². The van der Waals surface area contributed by atoms with Crippen LogP contribution < -0.4 is 4.74 Å². The maximum Gasteiger partial charge on any atom is 0.125 e. The molecule has 0 aliphatic carbocycles. The number of fused-ring (bicyclic) bond motifs is 1. The first-order valence-corrected chi connectivity index (χ1v) is 8.35. The Morgan fingerprint density at radius 3 is 2.68 bits per heavy atom. The van der Waals surface area contributed by atoms with Gasteiger partial charge in [0.2, 0.25) is 0 Å². The third-order valence-electron chi connectivity index (χ3n) is 5.10. The van der Waals surface area contributed by atoms with Gasteiger partial charge in [0.15, 0.2) is 0 Å². The lowest BCUT2D eigenvalue weighted by Gasteiger charge is -2.43. The molecule has 2 aliphatic rings. The summed E-state index contributed by atoms with van der Waals surface area (Å²) in [5.41, 5.74) is 1.04. The molecule has 0 amide bonds. The number of likely N-dealkylation sites (tertiary alicyclic amines) is 1. The summed E-state index contributed by atoms with van der Waals surface area (Å²) in [6, 6.07) is 8.25. The molecule has 1 aromatic carbocycles. The molecule has 2 heterocycles. The molecular weight excluding hydrogens is 276 g/mol. The summed E-state index contributed by atoms with van der Waals surface area (Å²) in [4.78, 5) is 4.79. The molecule has 0 radical (unpaired) electrons. The molecule has 4 nitrogen and oxygen atoms in total. The highest BCUT2D eigenvalue weighted by molar-refractivity contribution is 5.34. The molecule has 1 unspecified atom stereocenters. The summed E-state index contributed by atoms with van der Waals surface area (Å²) < 4.78 is 12.6. The minimum absolute atomic E-state index is 0.104. The zero-order chi connectivity index (χ0) is 15.6. The van der Waals surface area contributed by atoms with Crippen LogP contribution in [0.5, 0.6) is 5.75 Å². The van der Waals surface area contributed by atoms with Crippen molar-refractivity contribution in [3.63, 3.8) is 0 Å². The lowest BCUT2D eigenvalue weighted by molar-refractivity contribution is -0.136. The first kappa shape index (κ1) is 15.8. The number of hydrogen-bond donors (Lipinski definition) is 0. The van der Waals surface area contributed by atoms with E-state index in [0.29, 0.717) is 6.61 Å². The molecule has 2 aliphatic heterocycles. The molecule has 1 aromatic rings. The van der Waals surface area contributed by atoms with Gasteiger partial charge in [0.1, 0.15) is 17.5 Å². The highest BCUT2D eigenvalue weighted by atomic mass is 16.6. The Labute approximate surface area is 134 Å². The number of rotatable bonds is 3. The van der Waals surface area contributed by atoms with E-state index in [1.54, 1.807) is 0 Å². The van der Waals surface area contributed by atoms with Gasteiger partial charge in [-0.3, -0.25) is 0 Å². The highest BCUT2D eigenvalue weighted by Crippen LogP contribution is 2.37. The molecule has 1 saturated heterocycles. The van der Waals surface area contributed by atoms with E-state index in [-0.39, 0.29) is 11.7 Å². The second-order valence-corrected chi connectivity index (χ2v) is 6.87. The highest BCUT2D eigenvalue weighted by Gasteiger charge is 2.43. The Kier molecular flexibility index (Phi) is 4.71. The van der Waals surface area contributed by atoms with Crippen LogP contribution in [0.1, 0.15) is 25.3 Å². The second kappa shape index (κ2) is 6.57. The largest absolute Gasteiger partial charge is 0.487 e. The molecule has 0 aromatic heterocycles. The van der Waals surface area contributed by atoms with Crippen molar-refractivity contribution in [3.8, 4) is 5.75 Å². The van der Waals surface area contributed by atoms with Crippen molar-refractivity contribution < 1.29 is 9.47 Å². The summed E-state index contributed by atoms with van der Waals surface area (Å²) >= 11 is 0. The van der Waals surface area contributed by atoms with Crippen LogP contribution in [0.15, 0.2) is 24.3 Å². The summed E-state index contributed by atoms with van der Waals surface area (Å²) in [7, 11) is 4.26. The molecule has 0 saturated carbocycles. The van der Waals surface area contributed by atoms with E-state index < -0.39 is 0 Å². The number of nitrogens with zero attached hydrogens (tertiary/aromatic N) is 2. The molecule has 0 bridgehead atoms. The molecule has 1 spiro atoms. The van der Waals surface area contributed by atoms with Gasteiger partial charge < -0.3 is 19.3 Å². The van der Waals surface area contributed by atoms with Crippen molar-refractivity contribution in [2.24, 2.45) is 0 Å². The normalized spacial score (nSPS) is 24.8. The SMILES string of the molecule is CC1Oc2ccccc2COC12CCN(CCN(C)C)CC2. The Bertz CT molecular complexity index is 496. The number of benzene rings is 1. The monoisotopic (exact) mass is 304 g/mol. The predicted octanol–water partition coefficient (Wildman–Crippen LogP) is 2.38. The zero-order valence-corrected chi connectivity index (χ0v) is 14.0. The van der Waals surface area contributed by atoms with E-state index in [2.05, 4.69) is 49.0 Å². The Morgan fingerprint density at radius 2 is 1.95 bits per heavy atom. The van der Waals surface area contributed by atoms with Crippen LogP contribution in [0, 0.1) is 0 Å². The van der Waals surface area contributed by atoms with Gasteiger partial charge in [0.25, 0.3) is 0 Å². The lowest BCUT2D eigenvalue weighted by Crippen LogP contribution is -2.54. The minimum atomic E-state index is -0.131. The van der Waals surface area contributed by atoms with Crippen LogP contribution in [-0.4, -0.2) is 61.8 Å². The molecule has 0 N–H and O–H groups in total. The van der Waals surface area contributed by atoms with Gasteiger partial charge in [-0.05, 0) is 39.9 Å². The van der Waals surface area contributed by atoms with Gasteiger partial charge in [0.05, 0.1) is 6.61 Å². The minimum Gasteiger partial charge on any atom is -0.487 e. The van der Waals surface area contributed by atoms with Gasteiger partial charge in [0, 0.05) is 31.7 Å². The van der Waals surface area contributed by atoms with Crippen LogP contribution >= 0.6 is 0 Å². The third-order valence-corrected chi connectivity index (χ3v) is 5.10. The fraction of sp³-hybridized carbons (Fsp3) is 0.667. The standard InChI is InChI=1S/C18H28N2O2/c1-15-18(8-10-20(11-9-18)13-12-19(2)3)21-14-16-6-4-5-7-17(16)22-15/h4-7,15H,8-14H2,1-3H3. The van der Waals surface area contributed by atoms with Crippen molar-refractivity contribution in [1.29, 1.82) is 0 Å². The van der Waals surface area contributed by atoms with E-state index in [0.717, 1.165) is 44.8 Å². The van der Waals surface area contributed by atoms with Gasteiger partial charge >= 0.3 is 0 Å².